The van der Waals surface area contributed by atoms with Gasteiger partial charge >= 0.3 is 0 Å². The highest BCUT2D eigenvalue weighted by molar-refractivity contribution is 8.17. The standard InChI is InChI=1S/C23H32N4O3S/c1-14(27(13-29)12-19-11-25-15(2)26-21(19)24)20(3-4-28)31-22(30)23-8-16-5-17(9-23)7-18(6-16)10-23/h11,13,16-18,28H,3-10,12H2,1-2H3,(H2,24,25,26)/b20-14-. The molecule has 5 rings (SSSR count). The summed E-state index contributed by atoms with van der Waals surface area (Å²) in [5, 5.41) is 9.87. The molecule has 0 aliphatic heterocycles. The predicted molar refractivity (Wildman–Crippen MR) is 120 cm³/mol. The topological polar surface area (TPSA) is 109 Å². The average molecular weight is 445 g/mol. The zero-order chi connectivity index (χ0) is 22.2. The number of amides is 1. The average Bonchev–Trinajstić information content (AvgIpc) is 2.71. The van der Waals surface area contributed by atoms with Gasteiger partial charge in [0, 0.05) is 40.8 Å². The van der Waals surface area contributed by atoms with Gasteiger partial charge in [-0.3, -0.25) is 9.59 Å². The Balaban J connectivity index is 1.54. The highest BCUT2D eigenvalue weighted by Gasteiger charge is 2.54. The molecule has 1 amide bonds. The van der Waals surface area contributed by atoms with Crippen molar-refractivity contribution in [2.24, 2.45) is 23.2 Å². The van der Waals surface area contributed by atoms with Crippen LogP contribution in [0.25, 0.3) is 0 Å². The van der Waals surface area contributed by atoms with E-state index in [2.05, 4.69) is 9.97 Å². The van der Waals surface area contributed by atoms with Crippen LogP contribution in [0.2, 0.25) is 0 Å². The van der Waals surface area contributed by atoms with Crippen LogP contribution in [-0.4, -0.2) is 38.1 Å². The number of anilines is 1. The van der Waals surface area contributed by atoms with Crippen LogP contribution in [0.5, 0.6) is 0 Å². The van der Waals surface area contributed by atoms with Gasteiger partial charge in [0.15, 0.2) is 5.12 Å². The Morgan fingerprint density at radius 3 is 2.42 bits per heavy atom. The fourth-order valence-corrected chi connectivity index (χ4v) is 7.35. The van der Waals surface area contributed by atoms with Crippen molar-refractivity contribution in [1.29, 1.82) is 0 Å². The molecule has 4 aliphatic rings. The van der Waals surface area contributed by atoms with Crippen molar-refractivity contribution in [3.63, 3.8) is 0 Å². The maximum atomic E-state index is 13.5. The first-order chi connectivity index (χ1) is 14.8. The summed E-state index contributed by atoms with van der Waals surface area (Å²) in [4.78, 5) is 36.1. The first-order valence-corrected chi connectivity index (χ1v) is 12.0. The van der Waals surface area contributed by atoms with Gasteiger partial charge in [-0.25, -0.2) is 9.97 Å². The summed E-state index contributed by atoms with van der Waals surface area (Å²) in [6, 6.07) is 0. The molecule has 1 heterocycles. The summed E-state index contributed by atoms with van der Waals surface area (Å²) >= 11 is 1.24. The lowest BCUT2D eigenvalue weighted by atomic mass is 9.50. The lowest BCUT2D eigenvalue weighted by Crippen LogP contribution is -2.49. The van der Waals surface area contributed by atoms with Gasteiger partial charge in [0.05, 0.1) is 6.54 Å². The molecule has 0 atom stereocenters. The number of hydrogen-bond acceptors (Lipinski definition) is 7. The fourth-order valence-electron chi connectivity index (χ4n) is 6.20. The molecule has 7 nitrogen and oxygen atoms in total. The van der Waals surface area contributed by atoms with Gasteiger partial charge in [-0.2, -0.15) is 0 Å². The number of thioether (sulfide) groups is 1. The molecule has 4 aliphatic carbocycles. The number of allylic oxidation sites excluding steroid dienone is 1. The minimum Gasteiger partial charge on any atom is -0.396 e. The van der Waals surface area contributed by atoms with E-state index in [1.807, 2.05) is 6.92 Å². The number of nitrogens with two attached hydrogens (primary N) is 1. The molecular formula is C23H32N4O3S. The summed E-state index contributed by atoms with van der Waals surface area (Å²) in [7, 11) is 0. The van der Waals surface area contributed by atoms with Gasteiger partial charge in [-0.15, -0.1) is 0 Å². The Labute approximate surface area is 187 Å². The maximum absolute atomic E-state index is 13.5. The second-order valence-electron chi connectivity index (χ2n) is 9.63. The fraction of sp³-hybridized carbons (Fsp3) is 0.652. The van der Waals surface area contributed by atoms with Crippen molar-refractivity contribution in [2.75, 3.05) is 12.3 Å². The van der Waals surface area contributed by atoms with Crippen LogP contribution in [0.15, 0.2) is 16.8 Å². The van der Waals surface area contributed by atoms with Gasteiger partial charge in [-0.05, 0) is 70.1 Å². The molecule has 0 saturated heterocycles. The van der Waals surface area contributed by atoms with E-state index in [0.29, 0.717) is 47.1 Å². The zero-order valence-corrected chi connectivity index (χ0v) is 19.2. The Morgan fingerprint density at radius 2 is 1.90 bits per heavy atom. The normalized spacial score (nSPS) is 29.6. The van der Waals surface area contributed by atoms with E-state index in [4.69, 9.17) is 5.73 Å². The van der Waals surface area contributed by atoms with E-state index in [0.717, 1.165) is 30.6 Å². The van der Waals surface area contributed by atoms with E-state index >= 15 is 0 Å². The van der Waals surface area contributed by atoms with E-state index in [-0.39, 0.29) is 23.7 Å². The second kappa shape index (κ2) is 8.90. The molecular weight excluding hydrogens is 412 g/mol. The first-order valence-electron chi connectivity index (χ1n) is 11.2. The maximum Gasteiger partial charge on any atom is 0.214 e. The van der Waals surface area contributed by atoms with Gasteiger partial charge in [0.25, 0.3) is 0 Å². The minimum atomic E-state index is -0.221. The summed E-state index contributed by atoms with van der Waals surface area (Å²) in [5.41, 5.74) is 7.10. The molecule has 0 radical (unpaired) electrons. The van der Waals surface area contributed by atoms with Crippen molar-refractivity contribution in [3.05, 3.63) is 28.2 Å². The number of aryl methyl sites for hydroxylation is 1. The van der Waals surface area contributed by atoms with Crippen LogP contribution in [0.4, 0.5) is 5.82 Å². The zero-order valence-electron chi connectivity index (χ0n) is 18.3. The number of aliphatic hydroxyl groups excluding tert-OH is 1. The summed E-state index contributed by atoms with van der Waals surface area (Å²) in [5.74, 6) is 2.99. The molecule has 3 N–H and O–H groups in total. The highest BCUT2D eigenvalue weighted by Crippen LogP contribution is 2.61. The van der Waals surface area contributed by atoms with Gasteiger partial charge < -0.3 is 15.7 Å². The highest BCUT2D eigenvalue weighted by atomic mass is 32.2. The molecule has 0 unspecified atom stereocenters. The van der Waals surface area contributed by atoms with Gasteiger partial charge in [0.2, 0.25) is 6.41 Å². The Hall–Kier alpha value is -1.93. The van der Waals surface area contributed by atoms with E-state index in [1.54, 1.807) is 13.1 Å². The molecule has 168 valence electrons. The summed E-state index contributed by atoms with van der Waals surface area (Å²) < 4.78 is 0. The van der Waals surface area contributed by atoms with Crippen LogP contribution in [-0.2, 0) is 16.1 Å². The number of rotatable bonds is 8. The number of carbonyl (C=O) groups excluding carboxylic acids is 2. The molecule has 31 heavy (non-hydrogen) atoms. The lowest BCUT2D eigenvalue weighted by molar-refractivity contribution is -0.134. The number of carbonyl (C=O) groups is 2. The van der Waals surface area contributed by atoms with E-state index in [1.165, 1.54) is 35.9 Å². The number of nitrogens with zero attached hydrogens (tertiary/aromatic N) is 3. The molecule has 0 spiro atoms. The second-order valence-corrected chi connectivity index (χ2v) is 10.7. The first kappa shape index (κ1) is 22.3. The van der Waals surface area contributed by atoms with Crippen LogP contribution in [0.1, 0.15) is 63.3 Å². The number of nitrogen functional groups attached to an aromatic ring is 1. The smallest absolute Gasteiger partial charge is 0.214 e. The number of aliphatic hydroxyl groups is 1. The molecule has 4 fully saturated rings. The lowest BCUT2D eigenvalue weighted by Gasteiger charge is -2.55. The third-order valence-electron chi connectivity index (χ3n) is 7.35. The third kappa shape index (κ3) is 4.51. The summed E-state index contributed by atoms with van der Waals surface area (Å²) in [6.07, 6.45) is 9.58. The van der Waals surface area contributed by atoms with E-state index in [9.17, 15) is 14.7 Å². The van der Waals surface area contributed by atoms with E-state index < -0.39 is 0 Å². The molecule has 0 aromatic carbocycles. The molecule has 8 heteroatoms. The largest absolute Gasteiger partial charge is 0.396 e. The Kier molecular flexibility index (Phi) is 6.40. The quantitative estimate of drug-likeness (QED) is 0.591. The third-order valence-corrected chi connectivity index (χ3v) is 8.71. The van der Waals surface area contributed by atoms with Crippen LogP contribution in [0.3, 0.4) is 0 Å². The SMILES string of the molecule is C/C(=C(\CCO)SC(=O)C12CC3CC(CC(C3)C1)C2)N(C=O)Cc1cnc(C)nc1N. The van der Waals surface area contributed by atoms with Gasteiger partial charge in [0.1, 0.15) is 11.6 Å². The summed E-state index contributed by atoms with van der Waals surface area (Å²) in [6.45, 7) is 3.73. The molecule has 4 bridgehead atoms. The van der Waals surface area contributed by atoms with Crippen LogP contribution < -0.4 is 5.73 Å². The molecule has 1 aromatic rings. The molecule has 4 saturated carbocycles. The predicted octanol–water partition coefficient (Wildman–Crippen LogP) is 3.42. The Bertz CT molecular complexity index is 866. The molecule has 1 aromatic heterocycles. The monoisotopic (exact) mass is 444 g/mol. The van der Waals surface area contributed by atoms with Crippen LogP contribution in [0, 0.1) is 30.1 Å². The van der Waals surface area contributed by atoms with Crippen LogP contribution >= 0.6 is 11.8 Å². The van der Waals surface area contributed by atoms with Gasteiger partial charge in [-0.1, -0.05) is 11.8 Å². The van der Waals surface area contributed by atoms with Crippen molar-refractivity contribution < 1.29 is 14.7 Å². The Morgan fingerprint density at radius 1 is 1.29 bits per heavy atom. The number of aromatic nitrogens is 2. The number of hydrogen-bond donors (Lipinski definition) is 2. The van der Waals surface area contributed by atoms with Crippen molar-refractivity contribution in [2.45, 2.75) is 65.3 Å². The van der Waals surface area contributed by atoms with Crippen molar-refractivity contribution in [3.8, 4) is 0 Å². The van der Waals surface area contributed by atoms with Crippen molar-refractivity contribution >= 4 is 29.1 Å². The van der Waals surface area contributed by atoms with Crippen molar-refractivity contribution in [1.82, 2.24) is 14.9 Å². The minimum absolute atomic E-state index is 0.0731.